The molecule has 2 aliphatic heterocycles. The summed E-state index contributed by atoms with van der Waals surface area (Å²) in [6.45, 7) is 0. The van der Waals surface area contributed by atoms with Gasteiger partial charge in [-0.3, -0.25) is 9.59 Å². The minimum atomic E-state index is -1.15. The molecule has 1 aliphatic carbocycles. The average molecular weight is 304 g/mol. The van der Waals surface area contributed by atoms with Crippen LogP contribution in [0, 0.1) is 11.8 Å². The normalized spacial score (nSPS) is 39.9. The second kappa shape index (κ2) is 4.79. The number of cyclic esters (lactones) is 2. The highest BCUT2D eigenvalue weighted by atomic mass is 16.6. The van der Waals surface area contributed by atoms with Crippen molar-refractivity contribution in [1.29, 1.82) is 0 Å². The van der Waals surface area contributed by atoms with E-state index in [1.54, 1.807) is 0 Å². The fourth-order valence-electron chi connectivity index (χ4n) is 4.10. The van der Waals surface area contributed by atoms with Crippen LogP contribution in [0.3, 0.4) is 0 Å². The van der Waals surface area contributed by atoms with Gasteiger partial charge in [0.1, 0.15) is 0 Å². The molecule has 2 heterocycles. The molecule has 6 atom stereocenters. The van der Waals surface area contributed by atoms with E-state index < -0.39 is 30.4 Å². The van der Waals surface area contributed by atoms with Gasteiger partial charge in [-0.05, 0) is 23.5 Å². The molecule has 4 rings (SSSR count). The van der Waals surface area contributed by atoms with Gasteiger partial charge in [-0.25, -0.2) is 0 Å². The van der Waals surface area contributed by atoms with Crippen molar-refractivity contribution >= 4 is 11.9 Å². The molecule has 1 aromatic rings. The van der Waals surface area contributed by atoms with E-state index in [9.17, 15) is 19.8 Å². The van der Waals surface area contributed by atoms with Gasteiger partial charge < -0.3 is 19.7 Å². The van der Waals surface area contributed by atoms with E-state index in [-0.39, 0.29) is 24.2 Å². The predicted octanol–water partition coefficient (Wildman–Crippen LogP) is 0.630. The number of ether oxygens (including phenoxy) is 2. The van der Waals surface area contributed by atoms with Gasteiger partial charge >= 0.3 is 11.9 Å². The second-order valence-corrected chi connectivity index (χ2v) is 6.18. The van der Waals surface area contributed by atoms with Crippen LogP contribution in [-0.4, -0.2) is 34.7 Å². The Balaban J connectivity index is 1.78. The van der Waals surface area contributed by atoms with Gasteiger partial charge in [-0.2, -0.15) is 0 Å². The maximum Gasteiger partial charge on any atom is 0.312 e. The van der Waals surface area contributed by atoms with Gasteiger partial charge in [0, 0.05) is 5.92 Å². The third-order valence-corrected chi connectivity index (χ3v) is 5.08. The van der Waals surface area contributed by atoms with Gasteiger partial charge in [0.05, 0.1) is 18.3 Å². The molecule has 6 nitrogen and oxygen atoms in total. The van der Waals surface area contributed by atoms with Crippen LogP contribution in [0.2, 0.25) is 0 Å². The van der Waals surface area contributed by atoms with Crippen molar-refractivity contribution in [1.82, 2.24) is 0 Å². The van der Waals surface area contributed by atoms with Crippen molar-refractivity contribution in [3.8, 4) is 0 Å². The first kappa shape index (κ1) is 13.7. The van der Waals surface area contributed by atoms with E-state index in [2.05, 4.69) is 0 Å². The fraction of sp³-hybridized carbons (Fsp3) is 0.500. The summed E-state index contributed by atoms with van der Waals surface area (Å²) < 4.78 is 9.83. The van der Waals surface area contributed by atoms with Crippen molar-refractivity contribution in [2.45, 2.75) is 37.3 Å². The molecule has 22 heavy (non-hydrogen) atoms. The van der Waals surface area contributed by atoms with Crippen LogP contribution in [0.5, 0.6) is 0 Å². The zero-order chi connectivity index (χ0) is 15.4. The number of fused-ring (bicyclic) bond motifs is 3. The van der Waals surface area contributed by atoms with Crippen LogP contribution in [0.1, 0.15) is 35.8 Å². The van der Waals surface area contributed by atoms with Crippen LogP contribution < -0.4 is 0 Å². The Morgan fingerprint density at radius 2 is 1.68 bits per heavy atom. The molecule has 2 N–H and O–H groups in total. The summed E-state index contributed by atoms with van der Waals surface area (Å²) in [6.07, 6.45) is -1.71. The summed E-state index contributed by atoms with van der Waals surface area (Å²) in [5.74, 6) is -2.22. The van der Waals surface area contributed by atoms with Gasteiger partial charge in [-0.15, -0.1) is 0 Å². The largest absolute Gasteiger partial charge is 0.436 e. The second-order valence-electron chi connectivity index (χ2n) is 6.18. The van der Waals surface area contributed by atoms with Gasteiger partial charge in [-0.1, -0.05) is 24.3 Å². The molecule has 6 unspecified atom stereocenters. The molecular weight excluding hydrogens is 288 g/mol. The van der Waals surface area contributed by atoms with E-state index in [1.165, 1.54) is 0 Å². The van der Waals surface area contributed by atoms with Crippen LogP contribution in [-0.2, 0) is 19.1 Å². The highest BCUT2D eigenvalue weighted by Crippen LogP contribution is 2.52. The van der Waals surface area contributed by atoms with Crippen molar-refractivity contribution in [3.63, 3.8) is 0 Å². The van der Waals surface area contributed by atoms with E-state index in [1.807, 2.05) is 24.3 Å². The Hall–Kier alpha value is -1.92. The van der Waals surface area contributed by atoms with E-state index in [0.29, 0.717) is 6.42 Å². The molecule has 0 bridgehead atoms. The first-order valence-corrected chi connectivity index (χ1v) is 7.41. The quantitative estimate of drug-likeness (QED) is 0.739. The molecule has 0 saturated carbocycles. The third kappa shape index (κ3) is 1.87. The summed E-state index contributed by atoms with van der Waals surface area (Å²) in [7, 11) is 0. The number of aliphatic hydroxyl groups excluding tert-OH is 2. The lowest BCUT2D eigenvalue weighted by atomic mass is 9.66. The number of benzene rings is 1. The molecule has 3 aliphatic rings. The van der Waals surface area contributed by atoms with Gasteiger partial charge in [0.25, 0.3) is 0 Å². The third-order valence-electron chi connectivity index (χ3n) is 5.08. The molecule has 2 saturated heterocycles. The highest BCUT2D eigenvalue weighted by Gasteiger charge is 2.53. The van der Waals surface area contributed by atoms with Gasteiger partial charge in [0.2, 0.25) is 12.6 Å². The standard InChI is InChI=1S/C16H16O6/c17-12-6-10(14(18)21-12)9-5-11-13(16(20)22-15(11)19)8-4-2-1-3-7(8)9/h1-4,9-11,13-14,16,18,20H,5-6H2. The Morgan fingerprint density at radius 3 is 2.36 bits per heavy atom. The summed E-state index contributed by atoms with van der Waals surface area (Å²) in [4.78, 5) is 23.4. The number of rotatable bonds is 1. The lowest BCUT2D eigenvalue weighted by Crippen LogP contribution is -2.33. The molecule has 0 aromatic heterocycles. The molecule has 6 heteroatoms. The van der Waals surface area contributed by atoms with Crippen molar-refractivity contribution in [3.05, 3.63) is 35.4 Å². The lowest BCUT2D eigenvalue weighted by molar-refractivity contribution is -0.158. The van der Waals surface area contributed by atoms with E-state index in [0.717, 1.165) is 11.1 Å². The minimum absolute atomic E-state index is 0.134. The Kier molecular flexibility index (Phi) is 2.99. The molecular formula is C16H16O6. The number of carbonyl (C=O) groups excluding carboxylic acids is 2. The number of carbonyl (C=O) groups is 2. The maximum absolute atomic E-state index is 12.0. The summed E-state index contributed by atoms with van der Waals surface area (Å²) in [5, 5.41) is 20.0. The van der Waals surface area contributed by atoms with Crippen LogP contribution >= 0.6 is 0 Å². The molecule has 0 radical (unpaired) electrons. The summed E-state index contributed by atoms with van der Waals surface area (Å²) >= 11 is 0. The fourth-order valence-corrected chi connectivity index (χ4v) is 4.10. The highest BCUT2D eigenvalue weighted by molar-refractivity contribution is 5.78. The Bertz CT molecular complexity index is 641. The van der Waals surface area contributed by atoms with Crippen molar-refractivity contribution in [2.75, 3.05) is 0 Å². The predicted molar refractivity (Wildman–Crippen MR) is 72.3 cm³/mol. The number of aliphatic hydroxyl groups is 2. The minimum Gasteiger partial charge on any atom is -0.436 e. The van der Waals surface area contributed by atoms with Gasteiger partial charge in [0.15, 0.2) is 0 Å². The van der Waals surface area contributed by atoms with E-state index in [4.69, 9.17) is 9.47 Å². The SMILES string of the molecule is O=C1CC(C2CC3C(=O)OC(O)C3c3ccccc32)C(O)O1. The van der Waals surface area contributed by atoms with Crippen molar-refractivity contribution < 1.29 is 29.3 Å². The van der Waals surface area contributed by atoms with Crippen molar-refractivity contribution in [2.24, 2.45) is 11.8 Å². The number of esters is 2. The lowest BCUT2D eigenvalue weighted by Gasteiger charge is -2.35. The number of hydrogen-bond donors (Lipinski definition) is 2. The van der Waals surface area contributed by atoms with E-state index >= 15 is 0 Å². The summed E-state index contributed by atoms with van der Waals surface area (Å²) in [6, 6.07) is 7.51. The zero-order valence-corrected chi connectivity index (χ0v) is 11.7. The molecule has 1 aromatic carbocycles. The van der Waals surface area contributed by atoms with Crippen LogP contribution in [0.4, 0.5) is 0 Å². The average Bonchev–Trinajstić information content (AvgIpc) is 2.97. The first-order chi connectivity index (χ1) is 10.6. The topological polar surface area (TPSA) is 93.1 Å². The smallest absolute Gasteiger partial charge is 0.312 e. The molecule has 0 amide bonds. The number of hydrogen-bond acceptors (Lipinski definition) is 6. The monoisotopic (exact) mass is 304 g/mol. The van der Waals surface area contributed by atoms with Crippen LogP contribution in [0.25, 0.3) is 0 Å². The van der Waals surface area contributed by atoms with Crippen LogP contribution in [0.15, 0.2) is 24.3 Å². The Morgan fingerprint density at radius 1 is 0.955 bits per heavy atom. The summed E-state index contributed by atoms with van der Waals surface area (Å²) in [5.41, 5.74) is 1.80. The molecule has 116 valence electrons. The maximum atomic E-state index is 12.0. The Labute approximate surface area is 126 Å². The zero-order valence-electron chi connectivity index (χ0n) is 11.7. The molecule has 2 fully saturated rings. The molecule has 0 spiro atoms. The first-order valence-electron chi connectivity index (χ1n) is 7.41.